The van der Waals surface area contributed by atoms with E-state index in [0.717, 1.165) is 31.9 Å². The van der Waals surface area contributed by atoms with Gasteiger partial charge < -0.3 is 10.5 Å². The van der Waals surface area contributed by atoms with E-state index in [1.165, 1.54) is 5.56 Å². The van der Waals surface area contributed by atoms with Gasteiger partial charge in [0.25, 0.3) is 0 Å². The summed E-state index contributed by atoms with van der Waals surface area (Å²) in [6.07, 6.45) is 1.14. The third-order valence-electron chi connectivity index (χ3n) is 2.91. The van der Waals surface area contributed by atoms with E-state index in [9.17, 15) is 0 Å². The lowest BCUT2D eigenvalue weighted by Crippen LogP contribution is -2.31. The van der Waals surface area contributed by atoms with Crippen LogP contribution in [-0.4, -0.2) is 31.2 Å². The van der Waals surface area contributed by atoms with Crippen molar-refractivity contribution in [1.29, 1.82) is 0 Å². The van der Waals surface area contributed by atoms with E-state index in [-0.39, 0.29) is 0 Å². The molecule has 1 aromatic rings. The van der Waals surface area contributed by atoms with Crippen LogP contribution < -0.4 is 5.73 Å². The van der Waals surface area contributed by atoms with E-state index in [0.29, 0.717) is 6.04 Å². The van der Waals surface area contributed by atoms with Crippen LogP contribution in [0.25, 0.3) is 0 Å². The molecule has 0 bridgehead atoms. The summed E-state index contributed by atoms with van der Waals surface area (Å²) in [6.45, 7) is 2.70. The molecular weight excluding hydrogens is 188 g/mol. The fourth-order valence-corrected chi connectivity index (χ4v) is 1.98. The summed E-state index contributed by atoms with van der Waals surface area (Å²) in [5, 5.41) is 0. The van der Waals surface area contributed by atoms with Crippen LogP contribution in [0.4, 0.5) is 5.69 Å². The van der Waals surface area contributed by atoms with Crippen LogP contribution in [0.1, 0.15) is 12.0 Å². The number of benzene rings is 1. The molecule has 1 aliphatic heterocycles. The van der Waals surface area contributed by atoms with Crippen LogP contribution in [0, 0.1) is 0 Å². The first-order valence-electron chi connectivity index (χ1n) is 5.38. The first-order valence-corrected chi connectivity index (χ1v) is 5.38. The van der Waals surface area contributed by atoms with Crippen molar-refractivity contribution in [2.75, 3.05) is 26.0 Å². The summed E-state index contributed by atoms with van der Waals surface area (Å²) in [5.74, 6) is 0. The number of hydrogen-bond acceptors (Lipinski definition) is 3. The number of likely N-dealkylation sites (N-methyl/N-ethyl adjacent to an activating group) is 1. The second-order valence-corrected chi connectivity index (χ2v) is 4.18. The largest absolute Gasteiger partial charge is 0.399 e. The van der Waals surface area contributed by atoms with Gasteiger partial charge in [-0.1, -0.05) is 12.1 Å². The molecule has 0 amide bonds. The van der Waals surface area contributed by atoms with Crippen molar-refractivity contribution in [3.05, 3.63) is 29.8 Å². The molecule has 0 aliphatic carbocycles. The monoisotopic (exact) mass is 206 g/mol. The molecule has 82 valence electrons. The van der Waals surface area contributed by atoms with Crippen molar-refractivity contribution in [2.24, 2.45) is 0 Å². The van der Waals surface area contributed by atoms with Gasteiger partial charge in [0, 0.05) is 24.9 Å². The summed E-state index contributed by atoms with van der Waals surface area (Å²) < 4.78 is 5.37. The average molecular weight is 206 g/mol. The number of anilines is 1. The first-order chi connectivity index (χ1) is 7.25. The molecule has 1 atom stereocenters. The van der Waals surface area contributed by atoms with Gasteiger partial charge in [-0.15, -0.1) is 0 Å². The molecule has 0 spiro atoms. The highest BCUT2D eigenvalue weighted by Gasteiger charge is 2.19. The summed E-state index contributed by atoms with van der Waals surface area (Å²) in [6, 6.07) is 8.63. The lowest BCUT2D eigenvalue weighted by molar-refractivity contribution is 0.156. The maximum Gasteiger partial charge on any atom is 0.0622 e. The molecular formula is C12H18N2O. The van der Waals surface area contributed by atoms with Crippen molar-refractivity contribution in [2.45, 2.75) is 19.0 Å². The maximum atomic E-state index is 5.74. The van der Waals surface area contributed by atoms with Crippen molar-refractivity contribution in [3.8, 4) is 0 Å². The zero-order chi connectivity index (χ0) is 10.7. The summed E-state index contributed by atoms with van der Waals surface area (Å²) in [5.41, 5.74) is 7.85. The highest BCUT2D eigenvalue weighted by Crippen LogP contribution is 2.15. The van der Waals surface area contributed by atoms with Gasteiger partial charge in [0.2, 0.25) is 0 Å². The van der Waals surface area contributed by atoms with Gasteiger partial charge in [-0.3, -0.25) is 4.90 Å². The minimum Gasteiger partial charge on any atom is -0.399 e. The van der Waals surface area contributed by atoms with E-state index in [4.69, 9.17) is 10.5 Å². The first kappa shape index (κ1) is 10.5. The Morgan fingerprint density at radius 2 is 2.40 bits per heavy atom. The van der Waals surface area contributed by atoms with Crippen molar-refractivity contribution in [3.63, 3.8) is 0 Å². The molecule has 1 unspecified atom stereocenters. The fraction of sp³-hybridized carbons (Fsp3) is 0.500. The van der Waals surface area contributed by atoms with E-state index < -0.39 is 0 Å². The van der Waals surface area contributed by atoms with E-state index in [1.807, 2.05) is 18.2 Å². The van der Waals surface area contributed by atoms with Gasteiger partial charge >= 0.3 is 0 Å². The van der Waals surface area contributed by atoms with E-state index in [1.54, 1.807) is 0 Å². The quantitative estimate of drug-likeness (QED) is 0.761. The van der Waals surface area contributed by atoms with Crippen LogP contribution in [0.5, 0.6) is 0 Å². The third-order valence-corrected chi connectivity index (χ3v) is 2.91. The van der Waals surface area contributed by atoms with E-state index >= 15 is 0 Å². The van der Waals surface area contributed by atoms with Gasteiger partial charge in [0.05, 0.1) is 6.61 Å². The van der Waals surface area contributed by atoms with E-state index in [2.05, 4.69) is 18.0 Å². The highest BCUT2D eigenvalue weighted by atomic mass is 16.5. The second kappa shape index (κ2) is 4.64. The molecule has 0 aromatic heterocycles. The lowest BCUT2D eigenvalue weighted by atomic mass is 10.1. The fourth-order valence-electron chi connectivity index (χ4n) is 1.98. The molecule has 3 nitrogen and oxygen atoms in total. The SMILES string of the molecule is CN(Cc1cccc(N)c1)C1CCOC1. The molecule has 1 heterocycles. The Kier molecular flexibility index (Phi) is 3.23. The second-order valence-electron chi connectivity index (χ2n) is 4.18. The van der Waals surface area contributed by atoms with Crippen LogP contribution in [0.15, 0.2) is 24.3 Å². The van der Waals surface area contributed by atoms with Gasteiger partial charge in [-0.2, -0.15) is 0 Å². The molecule has 3 heteroatoms. The number of ether oxygens (including phenoxy) is 1. The molecule has 1 aliphatic rings. The molecule has 2 N–H and O–H groups in total. The molecule has 15 heavy (non-hydrogen) atoms. The van der Waals surface area contributed by atoms with Crippen LogP contribution in [0.3, 0.4) is 0 Å². The molecule has 1 aromatic carbocycles. The van der Waals surface area contributed by atoms with Gasteiger partial charge in [0.15, 0.2) is 0 Å². The van der Waals surface area contributed by atoms with Crippen molar-refractivity contribution >= 4 is 5.69 Å². The summed E-state index contributed by atoms with van der Waals surface area (Å²) >= 11 is 0. The molecule has 1 saturated heterocycles. The Morgan fingerprint density at radius 1 is 1.53 bits per heavy atom. The number of hydrogen-bond donors (Lipinski definition) is 1. The molecule has 0 radical (unpaired) electrons. The molecule has 0 saturated carbocycles. The maximum absolute atomic E-state index is 5.74. The Balaban J connectivity index is 1.95. The number of nitrogens with two attached hydrogens (primary N) is 1. The van der Waals surface area contributed by atoms with Crippen molar-refractivity contribution < 1.29 is 4.74 Å². The average Bonchev–Trinajstić information content (AvgIpc) is 2.70. The van der Waals surface area contributed by atoms with Gasteiger partial charge in [-0.25, -0.2) is 0 Å². The highest BCUT2D eigenvalue weighted by molar-refractivity contribution is 5.40. The Bertz CT molecular complexity index is 321. The number of rotatable bonds is 3. The Labute approximate surface area is 90.8 Å². The minimum absolute atomic E-state index is 0.562. The van der Waals surface area contributed by atoms with Gasteiger partial charge in [0.1, 0.15) is 0 Å². The normalized spacial score (nSPS) is 21.1. The third kappa shape index (κ3) is 2.70. The minimum atomic E-state index is 0.562. The van der Waals surface area contributed by atoms with Crippen LogP contribution in [-0.2, 0) is 11.3 Å². The van der Waals surface area contributed by atoms with Crippen molar-refractivity contribution in [1.82, 2.24) is 4.90 Å². The Morgan fingerprint density at radius 3 is 3.07 bits per heavy atom. The predicted molar refractivity (Wildman–Crippen MR) is 61.5 cm³/mol. The van der Waals surface area contributed by atoms with Crippen LogP contribution >= 0.6 is 0 Å². The summed E-state index contributed by atoms with van der Waals surface area (Å²) in [4.78, 5) is 2.34. The molecule has 2 rings (SSSR count). The van der Waals surface area contributed by atoms with Crippen LogP contribution in [0.2, 0.25) is 0 Å². The summed E-state index contributed by atoms with van der Waals surface area (Å²) in [7, 11) is 2.14. The number of nitrogen functional groups attached to an aromatic ring is 1. The smallest absolute Gasteiger partial charge is 0.0622 e. The zero-order valence-electron chi connectivity index (χ0n) is 9.15. The standard InChI is InChI=1S/C12H18N2O/c1-14(12-5-6-15-9-12)8-10-3-2-4-11(13)7-10/h2-4,7,12H,5-6,8-9,13H2,1H3. The molecule has 1 fully saturated rings. The van der Waals surface area contributed by atoms with Gasteiger partial charge in [-0.05, 0) is 31.2 Å². The predicted octanol–water partition coefficient (Wildman–Crippen LogP) is 1.49. The Hall–Kier alpha value is -1.06. The topological polar surface area (TPSA) is 38.5 Å². The lowest BCUT2D eigenvalue weighted by Gasteiger charge is -2.22. The zero-order valence-corrected chi connectivity index (χ0v) is 9.15. The number of nitrogens with zero attached hydrogens (tertiary/aromatic N) is 1.